The van der Waals surface area contributed by atoms with Gasteiger partial charge in [-0.15, -0.1) is 0 Å². The Labute approximate surface area is 120 Å². The fourth-order valence-electron chi connectivity index (χ4n) is 3.01. The van der Waals surface area contributed by atoms with E-state index in [0.717, 1.165) is 41.6 Å². The zero-order chi connectivity index (χ0) is 14.7. The monoisotopic (exact) mass is 276 g/mol. The van der Waals surface area contributed by atoms with Crippen molar-refractivity contribution in [2.75, 3.05) is 18.0 Å². The van der Waals surface area contributed by atoms with Crippen molar-refractivity contribution < 1.29 is 5.21 Å². The number of pyridine rings is 1. The first kappa shape index (κ1) is 14.6. The Morgan fingerprint density at radius 1 is 1.45 bits per heavy atom. The molecule has 0 amide bonds. The summed E-state index contributed by atoms with van der Waals surface area (Å²) in [7, 11) is 0. The molecule has 110 valence electrons. The van der Waals surface area contributed by atoms with Crippen LogP contribution in [0, 0.1) is 19.8 Å². The van der Waals surface area contributed by atoms with Crippen LogP contribution in [-0.4, -0.2) is 29.1 Å². The minimum Gasteiger partial charge on any atom is -0.409 e. The van der Waals surface area contributed by atoms with E-state index in [9.17, 15) is 0 Å². The van der Waals surface area contributed by atoms with Gasteiger partial charge in [-0.05, 0) is 38.7 Å². The van der Waals surface area contributed by atoms with E-state index in [1.165, 1.54) is 19.3 Å². The molecule has 0 saturated carbocycles. The summed E-state index contributed by atoms with van der Waals surface area (Å²) >= 11 is 0. The molecule has 0 bridgehead atoms. The molecule has 2 heterocycles. The molecular weight excluding hydrogens is 252 g/mol. The van der Waals surface area contributed by atoms with E-state index >= 15 is 0 Å². The molecule has 20 heavy (non-hydrogen) atoms. The van der Waals surface area contributed by atoms with Crippen molar-refractivity contribution in [3.05, 3.63) is 23.0 Å². The minimum atomic E-state index is 0.141. The Morgan fingerprint density at radius 3 is 2.65 bits per heavy atom. The summed E-state index contributed by atoms with van der Waals surface area (Å²) < 4.78 is 0. The highest BCUT2D eigenvalue weighted by atomic mass is 16.4. The van der Waals surface area contributed by atoms with Crippen molar-refractivity contribution >= 4 is 11.5 Å². The van der Waals surface area contributed by atoms with E-state index in [0.29, 0.717) is 0 Å². The van der Waals surface area contributed by atoms with Gasteiger partial charge in [0.2, 0.25) is 0 Å². The molecule has 5 nitrogen and oxygen atoms in total. The Hall–Kier alpha value is -1.78. The predicted octanol–water partition coefficient (Wildman–Crippen LogP) is 2.42. The van der Waals surface area contributed by atoms with Gasteiger partial charge < -0.3 is 15.8 Å². The summed E-state index contributed by atoms with van der Waals surface area (Å²) in [6.07, 6.45) is 3.65. The molecular formula is C15H24N4O. The summed E-state index contributed by atoms with van der Waals surface area (Å²) in [5.74, 6) is 0.963. The molecule has 0 spiro atoms. The Bertz CT molecular complexity index is 505. The van der Waals surface area contributed by atoms with Gasteiger partial charge in [0, 0.05) is 18.8 Å². The third kappa shape index (κ3) is 2.86. The first-order valence-electron chi connectivity index (χ1n) is 7.27. The lowest BCUT2D eigenvalue weighted by molar-refractivity contribution is 0.318. The van der Waals surface area contributed by atoms with Crippen molar-refractivity contribution in [2.45, 2.75) is 40.0 Å². The number of nitrogens with two attached hydrogens (primary N) is 1. The number of aromatic nitrogens is 1. The van der Waals surface area contributed by atoms with Crippen LogP contribution in [0.15, 0.2) is 11.2 Å². The van der Waals surface area contributed by atoms with Gasteiger partial charge in [-0.1, -0.05) is 18.5 Å². The average molecular weight is 276 g/mol. The van der Waals surface area contributed by atoms with E-state index in [2.05, 4.69) is 22.0 Å². The lowest BCUT2D eigenvalue weighted by atomic mass is 9.93. The van der Waals surface area contributed by atoms with Crippen LogP contribution >= 0.6 is 0 Å². The van der Waals surface area contributed by atoms with Gasteiger partial charge in [0.25, 0.3) is 0 Å². The van der Waals surface area contributed by atoms with Gasteiger partial charge in [0.1, 0.15) is 0 Å². The van der Waals surface area contributed by atoms with Gasteiger partial charge >= 0.3 is 0 Å². The number of aryl methyl sites for hydroxylation is 2. The number of amidine groups is 1. The van der Waals surface area contributed by atoms with E-state index in [4.69, 9.17) is 10.9 Å². The number of hydrogen-bond donors (Lipinski definition) is 2. The third-order valence-electron chi connectivity index (χ3n) is 4.20. The molecule has 1 aliphatic heterocycles. The van der Waals surface area contributed by atoms with Crippen LogP contribution in [-0.2, 0) is 0 Å². The molecule has 0 unspecified atom stereocenters. The smallest absolute Gasteiger partial charge is 0.174 e. The molecule has 1 aliphatic rings. The van der Waals surface area contributed by atoms with Gasteiger partial charge in [0.05, 0.1) is 16.9 Å². The molecule has 5 heteroatoms. The first-order valence-corrected chi connectivity index (χ1v) is 7.27. The lowest BCUT2D eigenvalue weighted by Crippen LogP contribution is -2.35. The summed E-state index contributed by atoms with van der Waals surface area (Å²) in [6, 6.07) is 2.03. The number of piperidine rings is 1. The molecule has 2 rings (SSSR count). The third-order valence-corrected chi connectivity index (χ3v) is 4.20. The number of nitrogens with zero attached hydrogens (tertiary/aromatic N) is 3. The second kappa shape index (κ2) is 6.11. The molecule has 3 N–H and O–H groups in total. The highest BCUT2D eigenvalue weighted by Gasteiger charge is 2.22. The number of oxime groups is 1. The fraction of sp³-hybridized carbons (Fsp3) is 0.600. The van der Waals surface area contributed by atoms with E-state index < -0.39 is 0 Å². The summed E-state index contributed by atoms with van der Waals surface area (Å²) in [5.41, 5.74) is 9.41. The maximum absolute atomic E-state index is 9.00. The normalized spacial score (nSPS) is 17.6. The molecule has 1 aromatic rings. The Balaban J connectivity index is 2.36. The van der Waals surface area contributed by atoms with Crippen LogP contribution in [0.2, 0.25) is 0 Å². The van der Waals surface area contributed by atoms with Gasteiger partial charge in [-0.3, -0.25) is 4.98 Å². The van der Waals surface area contributed by atoms with E-state index in [1.54, 1.807) is 0 Å². The Kier molecular flexibility index (Phi) is 4.47. The summed E-state index contributed by atoms with van der Waals surface area (Å²) in [5, 5.41) is 12.2. The zero-order valence-corrected chi connectivity index (χ0v) is 12.6. The largest absolute Gasteiger partial charge is 0.409 e. The zero-order valence-electron chi connectivity index (χ0n) is 12.6. The standard InChI is InChI=1S/C15H24N4O/c1-4-12-5-7-19(8-6-12)13-9-10(2)17-11(3)14(13)15(16)18-20/h9,12,20H,4-8H2,1-3H3,(H2,16,18). The van der Waals surface area contributed by atoms with Crippen molar-refractivity contribution in [3.8, 4) is 0 Å². The molecule has 0 atom stereocenters. The molecule has 1 aromatic heterocycles. The Morgan fingerprint density at radius 2 is 2.10 bits per heavy atom. The topological polar surface area (TPSA) is 74.7 Å². The quantitative estimate of drug-likeness (QED) is 0.385. The molecule has 1 fully saturated rings. The van der Waals surface area contributed by atoms with Crippen molar-refractivity contribution in [1.29, 1.82) is 0 Å². The van der Waals surface area contributed by atoms with Gasteiger partial charge in [-0.2, -0.15) is 0 Å². The fourth-order valence-corrected chi connectivity index (χ4v) is 3.01. The van der Waals surface area contributed by atoms with Crippen molar-refractivity contribution in [3.63, 3.8) is 0 Å². The number of anilines is 1. The molecule has 0 aromatic carbocycles. The molecule has 0 aliphatic carbocycles. The second-order valence-corrected chi connectivity index (χ2v) is 5.57. The van der Waals surface area contributed by atoms with Crippen molar-refractivity contribution in [2.24, 2.45) is 16.8 Å². The van der Waals surface area contributed by atoms with Crippen molar-refractivity contribution in [1.82, 2.24) is 4.98 Å². The maximum atomic E-state index is 9.00. The lowest BCUT2D eigenvalue weighted by Gasteiger charge is -2.34. The van der Waals surface area contributed by atoms with Gasteiger partial charge in [0.15, 0.2) is 5.84 Å². The molecule has 1 saturated heterocycles. The predicted molar refractivity (Wildman–Crippen MR) is 81.4 cm³/mol. The average Bonchev–Trinajstić information content (AvgIpc) is 2.46. The van der Waals surface area contributed by atoms with Gasteiger partial charge in [-0.25, -0.2) is 0 Å². The minimum absolute atomic E-state index is 0.141. The van der Waals surface area contributed by atoms with Crippen LogP contribution < -0.4 is 10.6 Å². The highest BCUT2D eigenvalue weighted by Crippen LogP contribution is 2.29. The van der Waals surface area contributed by atoms with E-state index in [1.807, 2.05) is 19.9 Å². The highest BCUT2D eigenvalue weighted by molar-refractivity contribution is 6.03. The van der Waals surface area contributed by atoms with Crippen LogP contribution in [0.5, 0.6) is 0 Å². The summed E-state index contributed by atoms with van der Waals surface area (Å²) in [6.45, 7) is 8.18. The second-order valence-electron chi connectivity index (χ2n) is 5.57. The van der Waals surface area contributed by atoms with E-state index in [-0.39, 0.29) is 5.84 Å². The van der Waals surface area contributed by atoms with Crippen LogP contribution in [0.3, 0.4) is 0 Å². The van der Waals surface area contributed by atoms with Crippen LogP contribution in [0.4, 0.5) is 5.69 Å². The first-order chi connectivity index (χ1) is 9.56. The summed E-state index contributed by atoms with van der Waals surface area (Å²) in [4.78, 5) is 6.77. The van der Waals surface area contributed by atoms with Crippen LogP contribution in [0.25, 0.3) is 0 Å². The van der Waals surface area contributed by atoms with Crippen LogP contribution in [0.1, 0.15) is 43.1 Å². The SMILES string of the molecule is CCC1CCN(c2cc(C)nc(C)c2/C(N)=N/O)CC1. The maximum Gasteiger partial charge on any atom is 0.174 e. The number of hydrogen-bond acceptors (Lipinski definition) is 4. The molecule has 0 radical (unpaired) electrons. The number of rotatable bonds is 3.